The fourth-order valence-corrected chi connectivity index (χ4v) is 2.96. The number of halogens is 1. The topological polar surface area (TPSA) is 79.3 Å². The first-order valence-corrected chi connectivity index (χ1v) is 7.51. The van der Waals surface area contributed by atoms with Gasteiger partial charge in [-0.3, -0.25) is 4.79 Å². The highest BCUT2D eigenvalue weighted by molar-refractivity contribution is 7.17. The Hall–Kier alpha value is -1.70. The van der Waals surface area contributed by atoms with Gasteiger partial charge >= 0.3 is 5.97 Å². The van der Waals surface area contributed by atoms with Crippen molar-refractivity contribution in [3.8, 4) is 0 Å². The molecule has 0 atom stereocenters. The summed E-state index contributed by atoms with van der Waals surface area (Å²) in [6.45, 7) is 0.201. The van der Waals surface area contributed by atoms with Gasteiger partial charge < -0.3 is 10.4 Å². The zero-order valence-electron chi connectivity index (χ0n) is 10.00. The van der Waals surface area contributed by atoms with Crippen molar-refractivity contribution in [1.29, 1.82) is 0 Å². The number of hydrogen-bond donors (Lipinski definition) is 2. The third-order valence-corrected chi connectivity index (χ3v) is 4.22. The van der Waals surface area contributed by atoms with E-state index in [4.69, 9.17) is 16.7 Å². The zero-order chi connectivity index (χ0) is 14.5. The first-order valence-electron chi connectivity index (χ1n) is 5.43. The highest BCUT2D eigenvalue weighted by Crippen LogP contribution is 2.22. The van der Waals surface area contributed by atoms with Crippen molar-refractivity contribution in [2.45, 2.75) is 6.54 Å². The first-order chi connectivity index (χ1) is 9.54. The van der Waals surface area contributed by atoms with Crippen molar-refractivity contribution in [2.24, 2.45) is 0 Å². The molecule has 0 unspecified atom stereocenters. The molecule has 1 amide bonds. The van der Waals surface area contributed by atoms with E-state index in [1.807, 2.05) is 6.07 Å². The van der Waals surface area contributed by atoms with Gasteiger partial charge in [0.1, 0.15) is 5.01 Å². The summed E-state index contributed by atoms with van der Waals surface area (Å²) in [5.74, 6) is -1.35. The molecule has 0 saturated heterocycles. The molecule has 5 nitrogen and oxygen atoms in total. The Labute approximate surface area is 127 Å². The van der Waals surface area contributed by atoms with Gasteiger partial charge in [-0.1, -0.05) is 11.6 Å². The molecule has 104 valence electrons. The second kappa shape index (κ2) is 6.65. The number of carbonyl (C=O) groups excluding carboxylic acids is 1. The predicted molar refractivity (Wildman–Crippen MR) is 79.3 cm³/mol. The molecular formula is C12H9ClN2O3S2. The van der Waals surface area contributed by atoms with Crippen LogP contribution in [0.2, 0.25) is 4.34 Å². The molecule has 2 rings (SSSR count). The largest absolute Gasteiger partial charge is 0.476 e. The minimum atomic E-state index is -1.08. The van der Waals surface area contributed by atoms with Crippen LogP contribution in [0.4, 0.5) is 0 Å². The summed E-state index contributed by atoms with van der Waals surface area (Å²) in [5, 5.41) is 13.3. The third kappa shape index (κ3) is 4.16. The number of rotatable bonds is 5. The summed E-state index contributed by atoms with van der Waals surface area (Å²) in [5.41, 5.74) is -0.0111. The lowest BCUT2D eigenvalue weighted by atomic mass is 10.4. The van der Waals surface area contributed by atoms with Crippen LogP contribution in [0.1, 0.15) is 20.4 Å². The van der Waals surface area contributed by atoms with Gasteiger partial charge in [0.25, 0.3) is 0 Å². The number of thiophene rings is 1. The van der Waals surface area contributed by atoms with Gasteiger partial charge in [0, 0.05) is 16.3 Å². The zero-order valence-corrected chi connectivity index (χ0v) is 12.4. The van der Waals surface area contributed by atoms with Crippen molar-refractivity contribution in [1.82, 2.24) is 10.3 Å². The van der Waals surface area contributed by atoms with Crippen LogP contribution < -0.4 is 5.32 Å². The molecule has 2 N–H and O–H groups in total. The molecule has 0 aromatic carbocycles. The van der Waals surface area contributed by atoms with E-state index in [0.717, 1.165) is 4.88 Å². The van der Waals surface area contributed by atoms with Crippen molar-refractivity contribution in [3.05, 3.63) is 43.5 Å². The van der Waals surface area contributed by atoms with E-state index < -0.39 is 5.97 Å². The molecule has 2 heterocycles. The number of thiazole rings is 1. The Kier molecular flexibility index (Phi) is 4.89. The van der Waals surface area contributed by atoms with Gasteiger partial charge in [-0.15, -0.1) is 22.7 Å². The molecule has 2 aromatic heterocycles. The van der Waals surface area contributed by atoms with Gasteiger partial charge in [-0.05, 0) is 18.2 Å². The average molecular weight is 329 g/mol. The summed E-state index contributed by atoms with van der Waals surface area (Å²) in [6, 6.07) is 3.57. The maximum absolute atomic E-state index is 11.6. The number of hydrogen-bond acceptors (Lipinski definition) is 5. The average Bonchev–Trinajstić information content (AvgIpc) is 3.03. The molecule has 0 aliphatic carbocycles. The van der Waals surface area contributed by atoms with Crippen LogP contribution in [0.3, 0.4) is 0 Å². The molecule has 0 radical (unpaired) electrons. The molecule has 0 saturated carbocycles. The van der Waals surface area contributed by atoms with Crippen LogP contribution in [0, 0.1) is 0 Å². The van der Waals surface area contributed by atoms with E-state index in [-0.39, 0.29) is 18.1 Å². The molecule has 20 heavy (non-hydrogen) atoms. The minimum absolute atomic E-state index is 0.0111. The van der Waals surface area contributed by atoms with Crippen LogP contribution in [0.5, 0.6) is 0 Å². The molecule has 0 aliphatic heterocycles. The summed E-state index contributed by atoms with van der Waals surface area (Å²) in [4.78, 5) is 27.0. The number of aromatic carboxylic acids is 1. The molecule has 0 fully saturated rings. The molecule has 0 spiro atoms. The fraction of sp³-hybridized carbons (Fsp3) is 0.0833. The van der Waals surface area contributed by atoms with Gasteiger partial charge in [0.05, 0.1) is 10.9 Å². The number of amides is 1. The smallest absolute Gasteiger partial charge is 0.355 e. The van der Waals surface area contributed by atoms with Gasteiger partial charge in [-0.25, -0.2) is 9.78 Å². The lowest BCUT2D eigenvalue weighted by Crippen LogP contribution is -2.20. The minimum Gasteiger partial charge on any atom is -0.476 e. The van der Waals surface area contributed by atoms with E-state index >= 15 is 0 Å². The van der Waals surface area contributed by atoms with Gasteiger partial charge in [-0.2, -0.15) is 0 Å². The SMILES string of the molecule is O=C(C=Cc1ccc(Cl)s1)NCc1nc(C(=O)O)cs1. The van der Waals surface area contributed by atoms with Gasteiger partial charge in [0.15, 0.2) is 5.69 Å². The lowest BCUT2D eigenvalue weighted by molar-refractivity contribution is -0.116. The number of carbonyl (C=O) groups is 2. The quantitative estimate of drug-likeness (QED) is 0.827. The van der Waals surface area contributed by atoms with Crippen molar-refractivity contribution >= 4 is 52.2 Å². The normalized spacial score (nSPS) is 10.8. The molecule has 8 heteroatoms. The second-order valence-corrected chi connectivity index (χ2v) is 6.31. The van der Waals surface area contributed by atoms with Crippen LogP contribution in [-0.4, -0.2) is 22.0 Å². The van der Waals surface area contributed by atoms with Crippen molar-refractivity contribution in [2.75, 3.05) is 0 Å². The Balaban J connectivity index is 1.85. The predicted octanol–water partition coefficient (Wildman–Crippen LogP) is 2.89. The molecule has 2 aromatic rings. The monoisotopic (exact) mass is 328 g/mol. The van der Waals surface area contributed by atoms with E-state index in [1.165, 1.54) is 34.1 Å². The van der Waals surface area contributed by atoms with Gasteiger partial charge in [0.2, 0.25) is 5.91 Å². The molecular weight excluding hydrogens is 320 g/mol. The maximum Gasteiger partial charge on any atom is 0.355 e. The standard InChI is InChI=1S/C12H9ClN2O3S2/c13-9-3-1-7(20-9)2-4-10(16)14-5-11-15-8(6-19-11)12(17)18/h1-4,6H,5H2,(H,14,16)(H,17,18). The maximum atomic E-state index is 11.6. The summed E-state index contributed by atoms with van der Waals surface area (Å²) in [7, 11) is 0. The molecule has 0 aliphatic rings. The van der Waals surface area contributed by atoms with Crippen LogP contribution in [0.15, 0.2) is 23.6 Å². The van der Waals surface area contributed by atoms with E-state index in [0.29, 0.717) is 9.34 Å². The Morgan fingerprint density at radius 2 is 2.25 bits per heavy atom. The fourth-order valence-electron chi connectivity index (χ4n) is 1.29. The van der Waals surface area contributed by atoms with Crippen LogP contribution in [0.25, 0.3) is 6.08 Å². The van der Waals surface area contributed by atoms with E-state index in [9.17, 15) is 9.59 Å². The number of aromatic nitrogens is 1. The Bertz CT molecular complexity index is 663. The summed E-state index contributed by atoms with van der Waals surface area (Å²) in [6.07, 6.45) is 3.06. The first kappa shape index (κ1) is 14.7. The van der Waals surface area contributed by atoms with E-state index in [1.54, 1.807) is 12.1 Å². The Morgan fingerprint density at radius 3 is 2.85 bits per heavy atom. The lowest BCUT2D eigenvalue weighted by Gasteiger charge is -1.97. The summed E-state index contributed by atoms with van der Waals surface area (Å²) >= 11 is 8.34. The number of carboxylic acid groups (broad SMARTS) is 1. The van der Waals surface area contributed by atoms with Crippen LogP contribution in [-0.2, 0) is 11.3 Å². The molecule has 0 bridgehead atoms. The highest BCUT2D eigenvalue weighted by atomic mass is 35.5. The highest BCUT2D eigenvalue weighted by Gasteiger charge is 2.08. The van der Waals surface area contributed by atoms with Crippen molar-refractivity contribution < 1.29 is 14.7 Å². The van der Waals surface area contributed by atoms with E-state index in [2.05, 4.69) is 10.3 Å². The summed E-state index contributed by atoms with van der Waals surface area (Å²) < 4.78 is 0.661. The number of nitrogens with zero attached hydrogens (tertiary/aromatic N) is 1. The van der Waals surface area contributed by atoms with Crippen molar-refractivity contribution in [3.63, 3.8) is 0 Å². The number of carboxylic acids is 1. The number of nitrogens with one attached hydrogen (secondary N) is 1. The Morgan fingerprint density at radius 1 is 1.45 bits per heavy atom. The van der Waals surface area contributed by atoms with Crippen LogP contribution >= 0.6 is 34.3 Å². The second-order valence-electron chi connectivity index (χ2n) is 3.62. The third-order valence-electron chi connectivity index (χ3n) is 2.18.